The van der Waals surface area contributed by atoms with E-state index in [1.54, 1.807) is 18.9 Å². The minimum Gasteiger partial charge on any atom is -0.258 e. The fraction of sp³-hybridized carbons (Fsp3) is 0.111. The number of pyridine rings is 1. The number of aromatic nitrogens is 4. The van der Waals surface area contributed by atoms with Crippen LogP contribution in [0.5, 0.6) is 0 Å². The van der Waals surface area contributed by atoms with E-state index in [0.717, 1.165) is 5.69 Å². The molecule has 2 aromatic rings. The molecular formula is C9H9N4+. The maximum atomic E-state index is 4.20. The van der Waals surface area contributed by atoms with Gasteiger partial charge in [0.25, 0.3) is 6.33 Å². The van der Waals surface area contributed by atoms with Crippen LogP contribution < -0.4 is 4.57 Å². The molecule has 13 heavy (non-hydrogen) atoms. The molecule has 2 rings (SSSR count). The monoisotopic (exact) mass is 173 g/mol. The summed E-state index contributed by atoms with van der Waals surface area (Å²) >= 11 is 0. The maximum Gasteiger partial charge on any atom is 0.263 e. The molecule has 0 radical (unpaired) electrons. The predicted molar refractivity (Wildman–Crippen MR) is 45.6 cm³/mol. The van der Waals surface area contributed by atoms with E-state index in [4.69, 9.17) is 0 Å². The van der Waals surface area contributed by atoms with Crippen molar-refractivity contribution in [3.8, 4) is 0 Å². The lowest BCUT2D eigenvalue weighted by Gasteiger charge is -1.96. The summed E-state index contributed by atoms with van der Waals surface area (Å²) < 4.78 is 1.88. The van der Waals surface area contributed by atoms with Gasteiger partial charge in [-0.25, -0.2) is 4.57 Å². The lowest BCUT2D eigenvalue weighted by atomic mass is 10.3. The highest BCUT2D eigenvalue weighted by molar-refractivity contribution is 5.01. The van der Waals surface area contributed by atoms with Crippen molar-refractivity contribution in [2.75, 3.05) is 0 Å². The molecule has 0 spiro atoms. The van der Waals surface area contributed by atoms with Gasteiger partial charge < -0.3 is 0 Å². The lowest BCUT2D eigenvalue weighted by Crippen LogP contribution is -2.34. The zero-order chi connectivity index (χ0) is 8.93. The molecule has 0 atom stereocenters. The molecule has 2 aromatic heterocycles. The first-order valence-corrected chi connectivity index (χ1v) is 3.99. The molecule has 2 heterocycles. The second kappa shape index (κ2) is 3.71. The van der Waals surface area contributed by atoms with Gasteiger partial charge in [0.05, 0.1) is 5.69 Å². The minimum absolute atomic E-state index is 0.710. The fourth-order valence-corrected chi connectivity index (χ4v) is 1.06. The molecular weight excluding hydrogens is 164 g/mol. The Morgan fingerprint density at radius 1 is 1.15 bits per heavy atom. The maximum absolute atomic E-state index is 4.20. The zero-order valence-corrected chi connectivity index (χ0v) is 7.04. The normalized spacial score (nSPS) is 9.85. The topological polar surface area (TPSA) is 42.5 Å². The van der Waals surface area contributed by atoms with Gasteiger partial charge >= 0.3 is 0 Å². The number of nitrogens with zero attached hydrogens (tertiary/aromatic N) is 4. The highest BCUT2D eigenvalue weighted by Gasteiger charge is 1.97. The molecule has 0 aromatic carbocycles. The van der Waals surface area contributed by atoms with Crippen LogP contribution in [0.15, 0.2) is 43.4 Å². The van der Waals surface area contributed by atoms with E-state index in [0.29, 0.717) is 6.54 Å². The molecule has 64 valence electrons. The van der Waals surface area contributed by atoms with E-state index in [1.807, 2.05) is 22.8 Å². The predicted octanol–water partition coefficient (Wildman–Crippen LogP) is 0.207. The molecule has 0 N–H and O–H groups in total. The molecule has 0 aliphatic carbocycles. The van der Waals surface area contributed by atoms with Crippen molar-refractivity contribution in [3.05, 3.63) is 49.1 Å². The fourth-order valence-electron chi connectivity index (χ4n) is 1.06. The Morgan fingerprint density at radius 2 is 2.00 bits per heavy atom. The number of rotatable bonds is 2. The molecule has 0 amide bonds. The Balaban J connectivity index is 2.16. The first-order valence-electron chi connectivity index (χ1n) is 3.99. The van der Waals surface area contributed by atoms with Gasteiger partial charge in [0, 0.05) is 6.20 Å². The van der Waals surface area contributed by atoms with E-state index in [9.17, 15) is 0 Å². The Morgan fingerprint density at radius 3 is 2.69 bits per heavy atom. The van der Waals surface area contributed by atoms with Crippen molar-refractivity contribution >= 4 is 0 Å². The molecule has 0 aliphatic heterocycles. The number of hydrogen-bond acceptors (Lipinski definition) is 3. The molecule has 0 unspecified atom stereocenters. The van der Waals surface area contributed by atoms with E-state index >= 15 is 0 Å². The first-order chi connectivity index (χ1) is 6.45. The van der Waals surface area contributed by atoms with Crippen LogP contribution in [0.25, 0.3) is 0 Å². The van der Waals surface area contributed by atoms with Gasteiger partial charge in [0.15, 0.2) is 0 Å². The average molecular weight is 173 g/mol. The van der Waals surface area contributed by atoms with Crippen LogP contribution in [0.1, 0.15) is 5.69 Å². The summed E-state index contributed by atoms with van der Waals surface area (Å²) in [4.78, 5) is 12.0. The van der Waals surface area contributed by atoms with Crippen molar-refractivity contribution in [2.45, 2.75) is 6.54 Å². The van der Waals surface area contributed by atoms with E-state index in [-0.39, 0.29) is 0 Å². The molecule has 0 bridgehead atoms. The van der Waals surface area contributed by atoms with Crippen LogP contribution in [-0.4, -0.2) is 15.0 Å². The van der Waals surface area contributed by atoms with Gasteiger partial charge in [-0.05, 0) is 12.1 Å². The lowest BCUT2D eigenvalue weighted by molar-refractivity contribution is -0.694. The van der Waals surface area contributed by atoms with Crippen LogP contribution in [0.3, 0.4) is 0 Å². The Bertz CT molecular complexity index is 322. The summed E-state index contributed by atoms with van der Waals surface area (Å²) in [6, 6.07) is 5.84. The summed E-state index contributed by atoms with van der Waals surface area (Å²) in [5.41, 5.74) is 1.00. The summed E-state index contributed by atoms with van der Waals surface area (Å²) in [5, 5.41) is 0. The molecule has 0 fully saturated rings. The third-order valence-corrected chi connectivity index (χ3v) is 1.63. The van der Waals surface area contributed by atoms with Crippen LogP contribution in [0, 0.1) is 0 Å². The van der Waals surface area contributed by atoms with E-state index in [2.05, 4.69) is 15.0 Å². The van der Waals surface area contributed by atoms with Gasteiger partial charge in [-0.15, -0.1) is 0 Å². The van der Waals surface area contributed by atoms with Crippen molar-refractivity contribution < 1.29 is 4.57 Å². The van der Waals surface area contributed by atoms with Gasteiger partial charge in [-0.2, -0.15) is 0 Å². The molecule has 0 saturated carbocycles. The van der Waals surface area contributed by atoms with E-state index in [1.165, 1.54) is 6.33 Å². The second-order valence-electron chi connectivity index (χ2n) is 2.64. The van der Waals surface area contributed by atoms with Gasteiger partial charge in [0.1, 0.15) is 6.54 Å². The van der Waals surface area contributed by atoms with Gasteiger partial charge in [-0.3, -0.25) is 4.98 Å². The van der Waals surface area contributed by atoms with Crippen molar-refractivity contribution in [3.63, 3.8) is 0 Å². The average Bonchev–Trinajstić information content (AvgIpc) is 2.21. The summed E-state index contributed by atoms with van der Waals surface area (Å²) in [6.07, 6.45) is 6.73. The number of hydrogen-bond donors (Lipinski definition) is 0. The Hall–Kier alpha value is -1.84. The third kappa shape index (κ3) is 2.05. The standard InChI is InChI=1S/C9H9N4/c1-2-4-12-9(3-1)5-13-7-10-6-11-8-13/h1-4,6-8H,5H2/q+1. The largest absolute Gasteiger partial charge is 0.263 e. The van der Waals surface area contributed by atoms with Gasteiger partial charge in [0.2, 0.25) is 12.7 Å². The Labute approximate surface area is 75.9 Å². The molecule has 0 aliphatic rings. The highest BCUT2D eigenvalue weighted by Crippen LogP contribution is 1.90. The minimum atomic E-state index is 0.710. The molecule has 4 nitrogen and oxygen atoms in total. The smallest absolute Gasteiger partial charge is 0.258 e. The van der Waals surface area contributed by atoms with Crippen LogP contribution in [0.2, 0.25) is 0 Å². The molecule has 0 saturated heterocycles. The summed E-state index contributed by atoms with van der Waals surface area (Å²) in [7, 11) is 0. The van der Waals surface area contributed by atoms with E-state index < -0.39 is 0 Å². The van der Waals surface area contributed by atoms with Crippen molar-refractivity contribution in [2.24, 2.45) is 0 Å². The highest BCUT2D eigenvalue weighted by atomic mass is 15.1. The second-order valence-corrected chi connectivity index (χ2v) is 2.64. The van der Waals surface area contributed by atoms with Crippen molar-refractivity contribution in [1.82, 2.24) is 15.0 Å². The quantitative estimate of drug-likeness (QED) is 0.609. The SMILES string of the molecule is c1ccc(C[n+]2cncnc2)nc1. The third-order valence-electron chi connectivity index (χ3n) is 1.63. The van der Waals surface area contributed by atoms with Gasteiger partial charge in [-0.1, -0.05) is 16.0 Å². The first kappa shape index (κ1) is 7.79. The zero-order valence-electron chi connectivity index (χ0n) is 7.04. The Kier molecular flexibility index (Phi) is 2.22. The summed E-state index contributed by atoms with van der Waals surface area (Å²) in [5.74, 6) is 0. The molecule has 4 heteroatoms. The van der Waals surface area contributed by atoms with Crippen LogP contribution in [-0.2, 0) is 6.54 Å². The summed E-state index contributed by atoms with van der Waals surface area (Å²) in [6.45, 7) is 0.710. The van der Waals surface area contributed by atoms with Crippen molar-refractivity contribution in [1.29, 1.82) is 0 Å². The van der Waals surface area contributed by atoms with Crippen LogP contribution >= 0.6 is 0 Å². The van der Waals surface area contributed by atoms with Crippen LogP contribution in [0.4, 0.5) is 0 Å².